The summed E-state index contributed by atoms with van der Waals surface area (Å²) < 4.78 is 10.9. The van der Waals surface area contributed by atoms with Crippen molar-refractivity contribution in [3.8, 4) is 23.0 Å². The lowest BCUT2D eigenvalue weighted by Crippen LogP contribution is -2.15. The van der Waals surface area contributed by atoms with E-state index in [0.29, 0.717) is 55.4 Å². The number of ether oxygens (including phenoxy) is 2. The number of esters is 1. The van der Waals surface area contributed by atoms with Gasteiger partial charge in [0.25, 0.3) is 0 Å². The standard InChI is InChI=1S/C22H18Cl2O4.C13H10Cl2O2/c23-18-6-8-20(25)16(11-18)10-17-12-19(24)7-9-21(17)27-14-22(26)28-13-15-4-2-1-3-5-15;14-10-1-3-12(16)8(6-10)5-9-7-11(15)2-4-13(9)17/h1-9,11-12,25H,10,13-14H2;1-4,6-7,16-17H,5H2. The molecule has 6 nitrogen and oxygen atoms in total. The first kappa shape index (κ1) is 33.8. The third-order valence-electron chi connectivity index (χ3n) is 6.50. The highest BCUT2D eigenvalue weighted by atomic mass is 35.5. The molecule has 0 aliphatic heterocycles. The van der Waals surface area contributed by atoms with Crippen molar-refractivity contribution in [2.24, 2.45) is 0 Å². The van der Waals surface area contributed by atoms with Gasteiger partial charge in [-0.3, -0.25) is 0 Å². The molecule has 0 heterocycles. The van der Waals surface area contributed by atoms with Crippen molar-refractivity contribution in [2.75, 3.05) is 6.61 Å². The van der Waals surface area contributed by atoms with Crippen molar-refractivity contribution in [2.45, 2.75) is 19.4 Å². The number of carbonyl (C=O) groups excluding carboxylic acids is 1. The number of phenolic OH excluding ortho intramolecular Hbond substituents is 3. The largest absolute Gasteiger partial charge is 0.508 e. The van der Waals surface area contributed by atoms with E-state index in [2.05, 4.69) is 0 Å². The van der Waals surface area contributed by atoms with Gasteiger partial charge in [0.15, 0.2) is 6.61 Å². The molecule has 5 aromatic rings. The van der Waals surface area contributed by atoms with Gasteiger partial charge in [-0.15, -0.1) is 0 Å². The number of hydrogen-bond donors (Lipinski definition) is 3. The normalized spacial score (nSPS) is 10.5. The monoisotopic (exact) mass is 684 g/mol. The van der Waals surface area contributed by atoms with Crippen LogP contribution in [-0.2, 0) is 29.0 Å². The summed E-state index contributed by atoms with van der Waals surface area (Å²) in [5.41, 5.74) is 3.55. The van der Waals surface area contributed by atoms with Gasteiger partial charge in [0, 0.05) is 38.5 Å². The molecule has 45 heavy (non-hydrogen) atoms. The molecule has 0 saturated carbocycles. The number of benzene rings is 5. The van der Waals surface area contributed by atoms with Crippen LogP contribution in [0.15, 0.2) is 103 Å². The molecule has 0 spiro atoms. The van der Waals surface area contributed by atoms with Gasteiger partial charge in [0.1, 0.15) is 29.6 Å². The van der Waals surface area contributed by atoms with Crippen LogP contribution in [0.25, 0.3) is 0 Å². The summed E-state index contributed by atoms with van der Waals surface area (Å²) in [6, 6.07) is 28.9. The predicted molar refractivity (Wildman–Crippen MR) is 178 cm³/mol. The van der Waals surface area contributed by atoms with E-state index in [1.165, 1.54) is 18.2 Å². The first-order valence-corrected chi connectivity index (χ1v) is 15.1. The third-order valence-corrected chi connectivity index (χ3v) is 7.44. The quantitative estimate of drug-likeness (QED) is 0.134. The average Bonchev–Trinajstić information content (AvgIpc) is 3.02. The molecule has 0 atom stereocenters. The first-order valence-electron chi connectivity index (χ1n) is 13.6. The second-order valence-electron chi connectivity index (χ2n) is 9.86. The zero-order valence-electron chi connectivity index (χ0n) is 23.7. The molecular formula is C35H28Cl4O6. The Morgan fingerprint density at radius 2 is 0.978 bits per heavy atom. The molecule has 0 radical (unpaired) electrons. The van der Waals surface area contributed by atoms with Crippen molar-refractivity contribution in [1.82, 2.24) is 0 Å². The Hall–Kier alpha value is -4.07. The average molecular weight is 686 g/mol. The summed E-state index contributed by atoms with van der Waals surface area (Å²) in [7, 11) is 0. The lowest BCUT2D eigenvalue weighted by molar-refractivity contribution is -0.147. The molecule has 0 fully saturated rings. The highest BCUT2D eigenvalue weighted by molar-refractivity contribution is 6.31. The minimum Gasteiger partial charge on any atom is -0.508 e. The molecule has 0 aromatic heterocycles. The molecule has 3 N–H and O–H groups in total. The summed E-state index contributed by atoms with van der Waals surface area (Å²) in [5.74, 6) is 0.427. The Morgan fingerprint density at radius 1 is 0.556 bits per heavy atom. The topological polar surface area (TPSA) is 96.2 Å². The molecule has 0 unspecified atom stereocenters. The highest BCUT2D eigenvalue weighted by Crippen LogP contribution is 2.31. The van der Waals surface area contributed by atoms with Crippen LogP contribution in [-0.4, -0.2) is 27.9 Å². The van der Waals surface area contributed by atoms with Crippen LogP contribution in [0.4, 0.5) is 0 Å². The van der Waals surface area contributed by atoms with Gasteiger partial charge in [0.2, 0.25) is 0 Å². The molecule has 0 saturated heterocycles. The van der Waals surface area contributed by atoms with Crippen molar-refractivity contribution in [1.29, 1.82) is 0 Å². The number of phenols is 3. The Labute approximate surface area is 280 Å². The highest BCUT2D eigenvalue weighted by Gasteiger charge is 2.12. The maximum atomic E-state index is 12.0. The lowest BCUT2D eigenvalue weighted by atomic mass is 10.0. The molecule has 0 amide bonds. The summed E-state index contributed by atoms with van der Waals surface area (Å²) in [6.45, 7) is -0.0457. The second kappa shape index (κ2) is 16.3. The van der Waals surface area contributed by atoms with Crippen LogP contribution in [0.5, 0.6) is 23.0 Å². The maximum Gasteiger partial charge on any atom is 0.344 e. The lowest BCUT2D eigenvalue weighted by Gasteiger charge is -2.13. The fourth-order valence-electron chi connectivity index (χ4n) is 4.24. The zero-order chi connectivity index (χ0) is 32.3. The Balaban J connectivity index is 0.000000231. The van der Waals surface area contributed by atoms with Crippen LogP contribution in [0.2, 0.25) is 20.1 Å². The molecule has 5 aromatic carbocycles. The van der Waals surface area contributed by atoms with Crippen LogP contribution in [0.3, 0.4) is 0 Å². The Morgan fingerprint density at radius 3 is 1.47 bits per heavy atom. The van der Waals surface area contributed by atoms with E-state index < -0.39 is 5.97 Å². The molecule has 0 aliphatic rings. The van der Waals surface area contributed by atoms with Gasteiger partial charge >= 0.3 is 5.97 Å². The SMILES string of the molecule is O=C(COc1ccc(Cl)cc1Cc1cc(Cl)ccc1O)OCc1ccccc1.Oc1ccc(Cl)cc1Cc1cc(Cl)ccc1O. The van der Waals surface area contributed by atoms with Crippen molar-refractivity contribution in [3.05, 3.63) is 151 Å². The molecular weight excluding hydrogens is 658 g/mol. The third kappa shape index (κ3) is 10.5. The van der Waals surface area contributed by atoms with Gasteiger partial charge in [-0.25, -0.2) is 4.79 Å². The van der Waals surface area contributed by atoms with E-state index >= 15 is 0 Å². The number of halogens is 4. The van der Waals surface area contributed by atoms with Crippen LogP contribution in [0.1, 0.15) is 27.8 Å². The van der Waals surface area contributed by atoms with Crippen molar-refractivity contribution in [3.63, 3.8) is 0 Å². The van der Waals surface area contributed by atoms with Gasteiger partial charge in [-0.1, -0.05) is 76.7 Å². The molecule has 5 rings (SSSR count). The molecule has 10 heteroatoms. The Bertz CT molecular complexity index is 1710. The first-order chi connectivity index (χ1) is 21.6. The van der Waals surface area contributed by atoms with Gasteiger partial charge < -0.3 is 24.8 Å². The number of rotatable bonds is 9. The van der Waals surface area contributed by atoms with Crippen molar-refractivity contribution >= 4 is 52.4 Å². The summed E-state index contributed by atoms with van der Waals surface area (Å²) >= 11 is 23.8. The summed E-state index contributed by atoms with van der Waals surface area (Å²) in [4.78, 5) is 12.0. The molecule has 0 aliphatic carbocycles. The fraction of sp³-hybridized carbons (Fsp3) is 0.114. The van der Waals surface area contributed by atoms with E-state index in [1.807, 2.05) is 30.3 Å². The molecule has 232 valence electrons. The zero-order valence-corrected chi connectivity index (χ0v) is 26.7. The minimum atomic E-state index is -0.477. The summed E-state index contributed by atoms with van der Waals surface area (Å²) in [5, 5.41) is 31.5. The van der Waals surface area contributed by atoms with Gasteiger partial charge in [0.05, 0.1) is 0 Å². The van der Waals surface area contributed by atoms with E-state index in [-0.39, 0.29) is 30.5 Å². The van der Waals surface area contributed by atoms with E-state index in [0.717, 1.165) is 11.1 Å². The number of hydrogen-bond acceptors (Lipinski definition) is 6. The van der Waals surface area contributed by atoms with E-state index in [1.54, 1.807) is 54.6 Å². The van der Waals surface area contributed by atoms with Crippen LogP contribution < -0.4 is 4.74 Å². The summed E-state index contributed by atoms with van der Waals surface area (Å²) in [6.07, 6.45) is 0.722. The number of carbonyl (C=O) groups is 1. The fourth-order valence-corrected chi connectivity index (χ4v) is 5.02. The van der Waals surface area contributed by atoms with E-state index in [4.69, 9.17) is 55.9 Å². The number of aromatic hydroxyl groups is 3. The minimum absolute atomic E-state index is 0.123. The second-order valence-corrected chi connectivity index (χ2v) is 11.6. The predicted octanol–water partition coefficient (Wildman–Crippen LogP) is 9.41. The van der Waals surface area contributed by atoms with Gasteiger partial charge in [-0.2, -0.15) is 0 Å². The Kier molecular flexibility index (Phi) is 12.2. The van der Waals surface area contributed by atoms with Gasteiger partial charge in [-0.05, 0) is 95.1 Å². The van der Waals surface area contributed by atoms with Crippen LogP contribution >= 0.6 is 46.4 Å². The van der Waals surface area contributed by atoms with E-state index in [9.17, 15) is 20.1 Å². The van der Waals surface area contributed by atoms with Crippen molar-refractivity contribution < 1.29 is 29.6 Å². The smallest absolute Gasteiger partial charge is 0.344 e. The molecule has 0 bridgehead atoms. The maximum absolute atomic E-state index is 12.0. The van der Waals surface area contributed by atoms with Crippen LogP contribution in [0, 0.1) is 0 Å².